The summed E-state index contributed by atoms with van der Waals surface area (Å²) in [5.41, 5.74) is 0. The Hall–Kier alpha value is -0.940. The van der Waals surface area contributed by atoms with Crippen LogP contribution in [-0.2, 0) is 19.1 Å². The SMILES string of the molecule is CC1(C)OCC(C(=O)C(=O)O)O1. The minimum atomic E-state index is -1.48. The summed E-state index contributed by atoms with van der Waals surface area (Å²) in [5.74, 6) is -3.29. The smallest absolute Gasteiger partial charge is 0.375 e. The van der Waals surface area contributed by atoms with E-state index in [1.165, 1.54) is 0 Å². The zero-order valence-electron chi connectivity index (χ0n) is 6.86. The fourth-order valence-electron chi connectivity index (χ4n) is 0.954. The second-order valence-corrected chi connectivity index (χ2v) is 2.99. The highest BCUT2D eigenvalue weighted by Crippen LogP contribution is 2.22. The fourth-order valence-corrected chi connectivity index (χ4v) is 0.954. The van der Waals surface area contributed by atoms with E-state index in [4.69, 9.17) is 14.6 Å². The number of carboxylic acid groups (broad SMARTS) is 1. The van der Waals surface area contributed by atoms with E-state index in [1.54, 1.807) is 13.8 Å². The van der Waals surface area contributed by atoms with Crippen molar-refractivity contribution in [3.63, 3.8) is 0 Å². The molecule has 0 saturated carbocycles. The first-order valence-corrected chi connectivity index (χ1v) is 3.51. The molecule has 1 fully saturated rings. The number of hydrogen-bond acceptors (Lipinski definition) is 4. The molecule has 5 heteroatoms. The van der Waals surface area contributed by atoms with E-state index in [0.29, 0.717) is 0 Å². The summed E-state index contributed by atoms with van der Waals surface area (Å²) >= 11 is 0. The molecule has 5 nitrogen and oxygen atoms in total. The molecule has 1 N–H and O–H groups in total. The normalized spacial score (nSPS) is 27.0. The number of carbonyl (C=O) groups excluding carboxylic acids is 1. The highest BCUT2D eigenvalue weighted by atomic mass is 16.7. The maximum Gasteiger partial charge on any atom is 0.375 e. The van der Waals surface area contributed by atoms with Gasteiger partial charge in [-0.2, -0.15) is 0 Å². The molecular weight excluding hydrogens is 164 g/mol. The molecule has 1 unspecified atom stereocenters. The van der Waals surface area contributed by atoms with Crippen molar-refractivity contribution in [2.24, 2.45) is 0 Å². The van der Waals surface area contributed by atoms with Gasteiger partial charge in [0.05, 0.1) is 6.61 Å². The Kier molecular flexibility index (Phi) is 2.16. The van der Waals surface area contributed by atoms with Crippen molar-refractivity contribution in [1.82, 2.24) is 0 Å². The molecule has 0 radical (unpaired) electrons. The van der Waals surface area contributed by atoms with E-state index in [1.807, 2.05) is 0 Å². The summed E-state index contributed by atoms with van der Waals surface area (Å²) in [5, 5.41) is 8.33. The van der Waals surface area contributed by atoms with E-state index >= 15 is 0 Å². The van der Waals surface area contributed by atoms with Gasteiger partial charge in [0, 0.05) is 0 Å². The molecule has 1 heterocycles. The lowest BCUT2D eigenvalue weighted by Gasteiger charge is -2.15. The Labute approximate surface area is 69.3 Å². The quantitative estimate of drug-likeness (QED) is 0.586. The Morgan fingerprint density at radius 3 is 2.42 bits per heavy atom. The summed E-state index contributed by atoms with van der Waals surface area (Å²) in [6, 6.07) is 0. The minimum Gasteiger partial charge on any atom is -0.475 e. The van der Waals surface area contributed by atoms with E-state index in [0.717, 1.165) is 0 Å². The van der Waals surface area contributed by atoms with Crippen LogP contribution in [0.5, 0.6) is 0 Å². The molecular formula is C7H10O5. The lowest BCUT2D eigenvalue weighted by atomic mass is 10.2. The first-order chi connectivity index (χ1) is 5.42. The average molecular weight is 174 g/mol. The van der Waals surface area contributed by atoms with Gasteiger partial charge >= 0.3 is 5.97 Å². The molecule has 68 valence electrons. The second-order valence-electron chi connectivity index (χ2n) is 2.99. The lowest BCUT2D eigenvalue weighted by Crippen LogP contribution is -2.31. The van der Waals surface area contributed by atoms with Crippen molar-refractivity contribution in [1.29, 1.82) is 0 Å². The maximum absolute atomic E-state index is 10.8. The standard InChI is InChI=1S/C7H10O5/c1-7(2)11-3-4(12-7)5(8)6(9)10/h4H,3H2,1-2H3,(H,9,10). The fraction of sp³-hybridized carbons (Fsp3) is 0.714. The van der Waals surface area contributed by atoms with Crippen LogP contribution in [0.4, 0.5) is 0 Å². The number of Topliss-reactive ketones (excluding diaryl/α,β-unsaturated/α-hetero) is 1. The third kappa shape index (κ3) is 1.80. The third-order valence-electron chi connectivity index (χ3n) is 1.51. The number of hydrogen-bond donors (Lipinski definition) is 1. The van der Waals surface area contributed by atoms with Gasteiger partial charge in [-0.1, -0.05) is 0 Å². The number of carboxylic acids is 1. The zero-order chi connectivity index (χ0) is 9.35. The summed E-state index contributed by atoms with van der Waals surface area (Å²) < 4.78 is 10.0. The summed E-state index contributed by atoms with van der Waals surface area (Å²) in [6.45, 7) is 3.27. The molecule has 1 saturated heterocycles. The van der Waals surface area contributed by atoms with Gasteiger partial charge in [-0.15, -0.1) is 0 Å². The first kappa shape index (κ1) is 9.15. The number of ketones is 1. The van der Waals surface area contributed by atoms with Gasteiger partial charge in [-0.05, 0) is 13.8 Å². The largest absolute Gasteiger partial charge is 0.475 e. The van der Waals surface area contributed by atoms with E-state index in [-0.39, 0.29) is 6.61 Å². The molecule has 1 atom stereocenters. The molecule has 12 heavy (non-hydrogen) atoms. The predicted molar refractivity (Wildman–Crippen MR) is 37.5 cm³/mol. The van der Waals surface area contributed by atoms with Gasteiger partial charge in [-0.3, -0.25) is 4.79 Å². The first-order valence-electron chi connectivity index (χ1n) is 3.51. The van der Waals surface area contributed by atoms with Crippen LogP contribution in [0.25, 0.3) is 0 Å². The molecule has 0 aliphatic carbocycles. The maximum atomic E-state index is 10.8. The lowest BCUT2D eigenvalue weighted by molar-refractivity contribution is -0.162. The highest BCUT2D eigenvalue weighted by molar-refractivity contribution is 6.34. The topological polar surface area (TPSA) is 72.8 Å². The Balaban J connectivity index is 2.59. The molecule has 0 aromatic carbocycles. The van der Waals surface area contributed by atoms with Crippen LogP contribution in [0.2, 0.25) is 0 Å². The molecule has 0 aromatic rings. The van der Waals surface area contributed by atoms with Crippen LogP contribution >= 0.6 is 0 Å². The van der Waals surface area contributed by atoms with Crippen LogP contribution in [0, 0.1) is 0 Å². The van der Waals surface area contributed by atoms with Crippen molar-refractivity contribution in [2.45, 2.75) is 25.7 Å². The Morgan fingerprint density at radius 2 is 2.08 bits per heavy atom. The average Bonchev–Trinajstić information content (AvgIpc) is 2.28. The van der Waals surface area contributed by atoms with Gasteiger partial charge in [0.2, 0.25) is 0 Å². The monoisotopic (exact) mass is 174 g/mol. The van der Waals surface area contributed by atoms with Crippen LogP contribution in [0.15, 0.2) is 0 Å². The zero-order valence-corrected chi connectivity index (χ0v) is 6.86. The molecule has 0 bridgehead atoms. The Bertz CT molecular complexity index is 220. The summed E-state index contributed by atoms with van der Waals surface area (Å²) in [7, 11) is 0. The summed E-state index contributed by atoms with van der Waals surface area (Å²) in [6.07, 6.45) is -0.961. The molecule has 0 aromatic heterocycles. The van der Waals surface area contributed by atoms with Crippen molar-refractivity contribution in [3.05, 3.63) is 0 Å². The summed E-state index contributed by atoms with van der Waals surface area (Å²) in [4.78, 5) is 21.0. The molecule has 1 aliphatic heterocycles. The number of carbonyl (C=O) groups is 2. The van der Waals surface area contributed by atoms with Crippen LogP contribution < -0.4 is 0 Å². The van der Waals surface area contributed by atoms with Crippen molar-refractivity contribution >= 4 is 11.8 Å². The highest BCUT2D eigenvalue weighted by Gasteiger charge is 2.39. The second kappa shape index (κ2) is 2.84. The van der Waals surface area contributed by atoms with Gasteiger partial charge < -0.3 is 14.6 Å². The number of aliphatic carboxylic acids is 1. The van der Waals surface area contributed by atoms with Crippen LogP contribution in [0.1, 0.15) is 13.8 Å². The Morgan fingerprint density at radius 1 is 1.50 bits per heavy atom. The number of ether oxygens (including phenoxy) is 2. The molecule has 0 spiro atoms. The van der Waals surface area contributed by atoms with Crippen molar-refractivity contribution < 1.29 is 24.2 Å². The van der Waals surface area contributed by atoms with E-state index < -0.39 is 23.6 Å². The van der Waals surface area contributed by atoms with Crippen molar-refractivity contribution in [3.8, 4) is 0 Å². The van der Waals surface area contributed by atoms with Crippen LogP contribution in [-0.4, -0.2) is 35.4 Å². The molecule has 1 aliphatic rings. The van der Waals surface area contributed by atoms with Gasteiger partial charge in [-0.25, -0.2) is 4.79 Å². The number of rotatable bonds is 2. The van der Waals surface area contributed by atoms with Gasteiger partial charge in [0.25, 0.3) is 5.78 Å². The van der Waals surface area contributed by atoms with E-state index in [9.17, 15) is 9.59 Å². The van der Waals surface area contributed by atoms with Gasteiger partial charge in [0.15, 0.2) is 11.9 Å². The third-order valence-corrected chi connectivity index (χ3v) is 1.51. The van der Waals surface area contributed by atoms with Crippen LogP contribution in [0.3, 0.4) is 0 Å². The van der Waals surface area contributed by atoms with Crippen molar-refractivity contribution in [2.75, 3.05) is 6.61 Å². The molecule has 1 rings (SSSR count). The van der Waals surface area contributed by atoms with E-state index in [2.05, 4.69) is 0 Å². The van der Waals surface area contributed by atoms with Gasteiger partial charge in [0.1, 0.15) is 0 Å². The predicted octanol–water partition coefficient (Wildman–Crippen LogP) is -0.208. The minimum absolute atomic E-state index is 0.0120. The molecule has 0 amide bonds.